The third-order valence-corrected chi connectivity index (χ3v) is 2.79. The molecule has 0 radical (unpaired) electrons. The number of carbonyl (C=O) groups excluding carboxylic acids is 1. The van der Waals surface area contributed by atoms with Gasteiger partial charge in [0, 0.05) is 24.7 Å². The van der Waals surface area contributed by atoms with Crippen molar-refractivity contribution in [1.82, 2.24) is 4.98 Å². The highest BCUT2D eigenvalue weighted by atomic mass is 16.1. The van der Waals surface area contributed by atoms with Crippen LogP contribution in [0.3, 0.4) is 0 Å². The quantitative estimate of drug-likeness (QED) is 0.820. The average molecular weight is 239 g/mol. The number of benzene rings is 1. The summed E-state index contributed by atoms with van der Waals surface area (Å²) in [6.07, 6.45) is 2.62. The van der Waals surface area contributed by atoms with E-state index in [2.05, 4.69) is 37.0 Å². The number of hydrogen-bond acceptors (Lipinski definition) is 2. The molecular formula is C16H17NO. The zero-order chi connectivity index (χ0) is 13.0. The van der Waals surface area contributed by atoms with Gasteiger partial charge in [0.05, 0.1) is 0 Å². The van der Waals surface area contributed by atoms with Crippen LogP contribution in [0.5, 0.6) is 0 Å². The molecule has 2 rings (SSSR count). The molecule has 0 saturated carbocycles. The summed E-state index contributed by atoms with van der Waals surface area (Å²) in [4.78, 5) is 16.1. The highest BCUT2D eigenvalue weighted by Crippen LogP contribution is 2.10. The molecule has 2 nitrogen and oxygen atoms in total. The lowest BCUT2D eigenvalue weighted by molar-refractivity contribution is -0.117. The second-order valence-corrected chi connectivity index (χ2v) is 4.71. The van der Waals surface area contributed by atoms with Crippen LogP contribution in [0.1, 0.15) is 22.4 Å². The monoisotopic (exact) mass is 239 g/mol. The summed E-state index contributed by atoms with van der Waals surface area (Å²) in [5, 5.41) is 0. The van der Waals surface area contributed by atoms with Crippen LogP contribution in [0.2, 0.25) is 0 Å². The van der Waals surface area contributed by atoms with Gasteiger partial charge in [-0.1, -0.05) is 35.4 Å². The highest BCUT2D eigenvalue weighted by molar-refractivity contribution is 5.82. The van der Waals surface area contributed by atoms with E-state index in [0.717, 1.165) is 11.3 Å². The molecule has 1 heterocycles. The summed E-state index contributed by atoms with van der Waals surface area (Å²) in [6, 6.07) is 11.9. The zero-order valence-electron chi connectivity index (χ0n) is 10.8. The number of carbonyl (C=O) groups is 1. The Kier molecular flexibility index (Phi) is 3.88. The molecule has 0 spiro atoms. The number of hydrogen-bond donors (Lipinski definition) is 0. The summed E-state index contributed by atoms with van der Waals surface area (Å²) in [5.74, 6) is 0.207. The molecule has 0 amide bonds. The summed E-state index contributed by atoms with van der Waals surface area (Å²) in [6.45, 7) is 4.11. The lowest BCUT2D eigenvalue weighted by Gasteiger charge is -2.04. The van der Waals surface area contributed by atoms with Crippen molar-refractivity contribution in [3.8, 4) is 0 Å². The Morgan fingerprint density at radius 3 is 2.39 bits per heavy atom. The Hall–Kier alpha value is -1.96. The van der Waals surface area contributed by atoms with Crippen LogP contribution in [0, 0.1) is 13.8 Å². The topological polar surface area (TPSA) is 30.0 Å². The smallest absolute Gasteiger partial charge is 0.143 e. The zero-order valence-corrected chi connectivity index (χ0v) is 10.8. The van der Waals surface area contributed by atoms with E-state index in [-0.39, 0.29) is 5.78 Å². The third-order valence-electron chi connectivity index (χ3n) is 2.79. The van der Waals surface area contributed by atoms with E-state index < -0.39 is 0 Å². The standard InChI is InChI=1S/C16H17NO/c1-12-7-13(2)9-14(8-12)10-16(18)11-15-5-3-4-6-17-15/h3-9H,10-11H2,1-2H3. The van der Waals surface area contributed by atoms with Crippen molar-refractivity contribution >= 4 is 5.78 Å². The Morgan fingerprint density at radius 1 is 1.06 bits per heavy atom. The Morgan fingerprint density at radius 2 is 1.78 bits per heavy atom. The van der Waals surface area contributed by atoms with Crippen molar-refractivity contribution in [3.63, 3.8) is 0 Å². The number of aryl methyl sites for hydroxylation is 2. The number of ketones is 1. The second kappa shape index (κ2) is 5.58. The van der Waals surface area contributed by atoms with Gasteiger partial charge in [-0.05, 0) is 31.5 Å². The van der Waals surface area contributed by atoms with Crippen molar-refractivity contribution in [1.29, 1.82) is 0 Å². The Balaban J connectivity index is 2.03. The molecule has 18 heavy (non-hydrogen) atoms. The average Bonchev–Trinajstić information content (AvgIpc) is 2.28. The van der Waals surface area contributed by atoms with E-state index in [0.29, 0.717) is 12.8 Å². The van der Waals surface area contributed by atoms with Gasteiger partial charge in [0.25, 0.3) is 0 Å². The first kappa shape index (κ1) is 12.5. The SMILES string of the molecule is Cc1cc(C)cc(CC(=O)Cc2ccccn2)c1. The van der Waals surface area contributed by atoms with Gasteiger partial charge in [0.1, 0.15) is 5.78 Å². The maximum absolute atomic E-state index is 12.0. The number of nitrogens with zero attached hydrogens (tertiary/aromatic N) is 1. The van der Waals surface area contributed by atoms with Gasteiger partial charge in [0.15, 0.2) is 0 Å². The fourth-order valence-electron chi connectivity index (χ4n) is 2.17. The van der Waals surface area contributed by atoms with Gasteiger partial charge in [0.2, 0.25) is 0 Å². The summed E-state index contributed by atoms with van der Waals surface area (Å²) in [5.41, 5.74) is 4.34. The van der Waals surface area contributed by atoms with Gasteiger partial charge >= 0.3 is 0 Å². The maximum Gasteiger partial charge on any atom is 0.143 e. The number of aromatic nitrogens is 1. The van der Waals surface area contributed by atoms with Gasteiger partial charge in [-0.3, -0.25) is 9.78 Å². The van der Waals surface area contributed by atoms with Crippen LogP contribution >= 0.6 is 0 Å². The molecule has 0 unspecified atom stereocenters. The largest absolute Gasteiger partial charge is 0.299 e. The van der Waals surface area contributed by atoms with E-state index in [9.17, 15) is 4.79 Å². The normalized spacial score (nSPS) is 10.3. The minimum atomic E-state index is 0.207. The molecule has 0 saturated heterocycles. The van der Waals surface area contributed by atoms with Gasteiger partial charge in [-0.25, -0.2) is 0 Å². The molecule has 0 N–H and O–H groups in total. The minimum Gasteiger partial charge on any atom is -0.299 e. The lowest BCUT2D eigenvalue weighted by atomic mass is 10.0. The first-order chi connectivity index (χ1) is 8.63. The summed E-state index contributed by atoms with van der Waals surface area (Å²) < 4.78 is 0. The van der Waals surface area contributed by atoms with E-state index >= 15 is 0 Å². The molecular weight excluding hydrogens is 222 g/mol. The number of pyridine rings is 1. The maximum atomic E-state index is 12.0. The molecule has 0 aliphatic heterocycles. The fraction of sp³-hybridized carbons (Fsp3) is 0.250. The first-order valence-corrected chi connectivity index (χ1v) is 6.12. The van der Waals surface area contributed by atoms with Crippen LogP contribution in [0.25, 0.3) is 0 Å². The van der Waals surface area contributed by atoms with Gasteiger partial charge in [-0.15, -0.1) is 0 Å². The van der Waals surface area contributed by atoms with Crippen LogP contribution in [0.4, 0.5) is 0 Å². The van der Waals surface area contributed by atoms with Crippen LogP contribution in [-0.4, -0.2) is 10.8 Å². The lowest BCUT2D eigenvalue weighted by Crippen LogP contribution is -2.08. The third kappa shape index (κ3) is 3.52. The molecule has 1 aromatic heterocycles. The van der Waals surface area contributed by atoms with Gasteiger partial charge < -0.3 is 0 Å². The van der Waals surface area contributed by atoms with E-state index in [1.54, 1.807) is 6.20 Å². The number of rotatable bonds is 4. The van der Waals surface area contributed by atoms with E-state index in [1.807, 2.05) is 18.2 Å². The van der Waals surface area contributed by atoms with Crippen molar-refractivity contribution in [2.45, 2.75) is 26.7 Å². The summed E-state index contributed by atoms with van der Waals surface area (Å²) >= 11 is 0. The molecule has 0 atom stereocenters. The van der Waals surface area contributed by atoms with Crippen molar-refractivity contribution in [2.24, 2.45) is 0 Å². The van der Waals surface area contributed by atoms with Crippen molar-refractivity contribution in [3.05, 3.63) is 65.0 Å². The van der Waals surface area contributed by atoms with Crippen LogP contribution in [-0.2, 0) is 17.6 Å². The Labute approximate surface area is 108 Å². The molecule has 1 aromatic carbocycles. The molecule has 92 valence electrons. The molecule has 2 aromatic rings. The summed E-state index contributed by atoms with van der Waals surface area (Å²) in [7, 11) is 0. The highest BCUT2D eigenvalue weighted by Gasteiger charge is 2.06. The van der Waals surface area contributed by atoms with E-state index in [4.69, 9.17) is 0 Å². The van der Waals surface area contributed by atoms with Crippen molar-refractivity contribution in [2.75, 3.05) is 0 Å². The molecule has 0 aliphatic carbocycles. The van der Waals surface area contributed by atoms with Crippen molar-refractivity contribution < 1.29 is 4.79 Å². The number of Topliss-reactive ketones (excluding diaryl/α,β-unsaturated/α-hetero) is 1. The first-order valence-electron chi connectivity index (χ1n) is 6.12. The second-order valence-electron chi connectivity index (χ2n) is 4.71. The minimum absolute atomic E-state index is 0.207. The predicted octanol–water partition coefficient (Wildman–Crippen LogP) is 3.05. The van der Waals surface area contributed by atoms with E-state index in [1.165, 1.54) is 11.1 Å². The fourth-order valence-corrected chi connectivity index (χ4v) is 2.17. The van der Waals surface area contributed by atoms with Crippen LogP contribution in [0.15, 0.2) is 42.6 Å². The van der Waals surface area contributed by atoms with Crippen LogP contribution < -0.4 is 0 Å². The molecule has 0 aliphatic rings. The molecule has 0 fully saturated rings. The van der Waals surface area contributed by atoms with Gasteiger partial charge in [-0.2, -0.15) is 0 Å². The molecule has 2 heteroatoms. The Bertz CT molecular complexity index is 526. The molecule has 0 bridgehead atoms. The predicted molar refractivity (Wildman–Crippen MR) is 72.6 cm³/mol.